The molecular weight excluding hydrogens is 458 g/mol. The predicted octanol–water partition coefficient (Wildman–Crippen LogP) is 4.07. The highest BCUT2D eigenvalue weighted by molar-refractivity contribution is 7.98. The molecule has 1 amide bonds. The van der Waals surface area contributed by atoms with Gasteiger partial charge in [0.15, 0.2) is 11.0 Å². The maximum atomic E-state index is 12.2. The van der Waals surface area contributed by atoms with Crippen LogP contribution < -0.4 is 10.1 Å². The summed E-state index contributed by atoms with van der Waals surface area (Å²) in [5.41, 5.74) is 2.27. The zero-order chi connectivity index (χ0) is 23.0. The summed E-state index contributed by atoms with van der Waals surface area (Å²) in [5.74, 6) is 1.84. The number of hydrogen-bond acceptors (Lipinski definition) is 8. The van der Waals surface area contributed by atoms with Crippen LogP contribution in [-0.2, 0) is 10.5 Å². The first-order valence-corrected chi connectivity index (χ1v) is 12.1. The number of carbonyl (C=O) groups is 1. The van der Waals surface area contributed by atoms with Crippen molar-refractivity contribution in [1.82, 2.24) is 25.1 Å². The third-order valence-corrected chi connectivity index (χ3v) is 6.65. The predicted molar refractivity (Wildman–Crippen MR) is 129 cm³/mol. The van der Waals surface area contributed by atoms with E-state index in [0.29, 0.717) is 24.6 Å². The Kier molecular flexibility index (Phi) is 7.71. The molecule has 33 heavy (non-hydrogen) atoms. The van der Waals surface area contributed by atoms with E-state index in [1.807, 2.05) is 59.2 Å². The van der Waals surface area contributed by atoms with E-state index in [2.05, 4.69) is 20.5 Å². The molecule has 0 unspecified atom stereocenters. The average molecular weight is 482 g/mol. The van der Waals surface area contributed by atoms with Crippen molar-refractivity contribution in [1.29, 1.82) is 0 Å². The van der Waals surface area contributed by atoms with E-state index in [1.54, 1.807) is 19.6 Å². The Hall–Kier alpha value is -3.21. The molecule has 0 atom stereocenters. The Bertz CT molecular complexity index is 1210. The average Bonchev–Trinajstić information content (AvgIpc) is 3.51. The molecule has 170 valence electrons. The van der Waals surface area contributed by atoms with Gasteiger partial charge in [-0.05, 0) is 24.3 Å². The molecular formula is C23H23N5O3S2. The molecule has 0 fully saturated rings. The molecule has 0 saturated heterocycles. The Morgan fingerprint density at radius 2 is 1.97 bits per heavy atom. The molecule has 0 aliphatic rings. The molecule has 10 heteroatoms. The van der Waals surface area contributed by atoms with Crippen LogP contribution in [0, 0.1) is 0 Å². The third kappa shape index (κ3) is 5.59. The summed E-state index contributed by atoms with van der Waals surface area (Å²) in [4.78, 5) is 16.7. The van der Waals surface area contributed by atoms with Gasteiger partial charge >= 0.3 is 0 Å². The van der Waals surface area contributed by atoms with Gasteiger partial charge in [0.05, 0.1) is 19.5 Å². The number of thioether (sulfide) groups is 1. The maximum absolute atomic E-state index is 12.2. The van der Waals surface area contributed by atoms with Crippen molar-refractivity contribution in [3.63, 3.8) is 0 Å². The highest BCUT2D eigenvalue weighted by atomic mass is 32.2. The van der Waals surface area contributed by atoms with Gasteiger partial charge in [0.2, 0.25) is 0 Å². The molecule has 0 bridgehead atoms. The Labute approximate surface area is 200 Å². The fourth-order valence-corrected chi connectivity index (χ4v) is 4.83. The lowest BCUT2D eigenvalue weighted by atomic mass is 10.2. The van der Waals surface area contributed by atoms with Crippen molar-refractivity contribution in [3.05, 3.63) is 70.7 Å². The van der Waals surface area contributed by atoms with Crippen LogP contribution in [0.3, 0.4) is 0 Å². The highest BCUT2D eigenvalue weighted by Gasteiger charge is 2.18. The van der Waals surface area contributed by atoms with Crippen LogP contribution in [0.2, 0.25) is 0 Å². The molecule has 2 heterocycles. The maximum Gasteiger partial charge on any atom is 0.270 e. The first-order valence-electron chi connectivity index (χ1n) is 10.2. The molecule has 0 radical (unpaired) electrons. The molecule has 2 aromatic heterocycles. The smallest absolute Gasteiger partial charge is 0.270 e. The van der Waals surface area contributed by atoms with Gasteiger partial charge in [-0.15, -0.1) is 21.5 Å². The van der Waals surface area contributed by atoms with Crippen LogP contribution in [0.4, 0.5) is 0 Å². The summed E-state index contributed by atoms with van der Waals surface area (Å²) < 4.78 is 12.4. The summed E-state index contributed by atoms with van der Waals surface area (Å²) in [7, 11) is 3.24. The molecule has 4 aromatic rings. The van der Waals surface area contributed by atoms with Crippen molar-refractivity contribution >= 4 is 29.0 Å². The number of hydrogen-bond donors (Lipinski definition) is 1. The zero-order valence-electron chi connectivity index (χ0n) is 18.2. The Balaban J connectivity index is 1.56. The number of methoxy groups -OCH3 is 2. The summed E-state index contributed by atoms with van der Waals surface area (Å²) in [6.07, 6.45) is 0. The van der Waals surface area contributed by atoms with Crippen LogP contribution >= 0.6 is 23.1 Å². The molecule has 0 saturated carbocycles. The summed E-state index contributed by atoms with van der Waals surface area (Å²) in [6, 6.07) is 17.7. The topological polar surface area (TPSA) is 91.2 Å². The first kappa shape index (κ1) is 23.0. The Morgan fingerprint density at radius 1 is 1.12 bits per heavy atom. The minimum atomic E-state index is -0.202. The molecule has 0 aliphatic carbocycles. The van der Waals surface area contributed by atoms with Gasteiger partial charge < -0.3 is 14.8 Å². The normalized spacial score (nSPS) is 10.8. The molecule has 0 aliphatic heterocycles. The standard InChI is InChI=1S/C23H23N5O3S2/c1-30-12-11-24-22(29)19-14-32-20(25-19)15-33-23-27-26-21(16-7-6-10-18(13-16)31-2)28(23)17-8-4-3-5-9-17/h3-10,13-14H,11-12,15H2,1-2H3,(H,24,29). The van der Waals surface area contributed by atoms with Gasteiger partial charge in [-0.3, -0.25) is 9.36 Å². The van der Waals surface area contributed by atoms with E-state index in [-0.39, 0.29) is 5.91 Å². The van der Waals surface area contributed by atoms with Gasteiger partial charge in [0, 0.05) is 30.3 Å². The van der Waals surface area contributed by atoms with Crippen molar-refractivity contribution < 1.29 is 14.3 Å². The minimum Gasteiger partial charge on any atom is -0.497 e. The number of carbonyl (C=O) groups excluding carboxylic acids is 1. The lowest BCUT2D eigenvalue weighted by molar-refractivity contribution is 0.0932. The minimum absolute atomic E-state index is 0.202. The summed E-state index contributed by atoms with van der Waals surface area (Å²) >= 11 is 2.97. The number of ether oxygens (including phenoxy) is 2. The van der Waals surface area contributed by atoms with Gasteiger partial charge in [-0.1, -0.05) is 42.1 Å². The van der Waals surface area contributed by atoms with Crippen molar-refractivity contribution in [3.8, 4) is 22.8 Å². The lowest BCUT2D eigenvalue weighted by Crippen LogP contribution is -2.27. The number of para-hydroxylation sites is 1. The number of aromatic nitrogens is 4. The number of benzene rings is 2. The Morgan fingerprint density at radius 3 is 2.76 bits per heavy atom. The summed E-state index contributed by atoms with van der Waals surface area (Å²) in [6.45, 7) is 0.910. The van der Waals surface area contributed by atoms with E-state index >= 15 is 0 Å². The zero-order valence-corrected chi connectivity index (χ0v) is 19.9. The third-order valence-electron chi connectivity index (χ3n) is 4.68. The molecule has 0 spiro atoms. The fraction of sp³-hybridized carbons (Fsp3) is 0.217. The van der Waals surface area contributed by atoms with Crippen molar-refractivity contribution in [2.45, 2.75) is 10.9 Å². The fourth-order valence-electron chi connectivity index (χ4n) is 3.09. The number of amides is 1. The van der Waals surface area contributed by atoms with E-state index < -0.39 is 0 Å². The van der Waals surface area contributed by atoms with Crippen molar-refractivity contribution in [2.75, 3.05) is 27.4 Å². The van der Waals surface area contributed by atoms with Gasteiger partial charge in [0.1, 0.15) is 16.5 Å². The quantitative estimate of drug-likeness (QED) is 0.270. The SMILES string of the molecule is COCCNC(=O)c1csc(CSc2nnc(-c3cccc(OC)c3)n2-c2ccccc2)n1. The first-order chi connectivity index (χ1) is 16.2. The van der Waals surface area contributed by atoms with Crippen LogP contribution in [-0.4, -0.2) is 53.0 Å². The van der Waals surface area contributed by atoms with Crippen LogP contribution in [0.1, 0.15) is 15.5 Å². The van der Waals surface area contributed by atoms with Gasteiger partial charge in [-0.2, -0.15) is 0 Å². The number of nitrogens with one attached hydrogen (secondary N) is 1. The highest BCUT2D eigenvalue weighted by Crippen LogP contribution is 2.31. The van der Waals surface area contributed by atoms with Crippen molar-refractivity contribution in [2.24, 2.45) is 0 Å². The largest absolute Gasteiger partial charge is 0.497 e. The van der Waals surface area contributed by atoms with Crippen LogP contribution in [0.5, 0.6) is 5.75 Å². The van der Waals surface area contributed by atoms with E-state index in [1.165, 1.54) is 23.1 Å². The monoisotopic (exact) mass is 481 g/mol. The second-order valence-electron chi connectivity index (χ2n) is 6.87. The second kappa shape index (κ2) is 11.1. The molecule has 4 rings (SSSR count). The summed E-state index contributed by atoms with van der Waals surface area (Å²) in [5, 5.41) is 15.0. The number of nitrogens with zero attached hydrogens (tertiary/aromatic N) is 4. The number of rotatable bonds is 10. The molecule has 1 N–H and O–H groups in total. The van der Waals surface area contributed by atoms with Gasteiger partial charge in [-0.25, -0.2) is 4.98 Å². The van der Waals surface area contributed by atoms with Crippen LogP contribution in [0.25, 0.3) is 17.1 Å². The van der Waals surface area contributed by atoms with E-state index in [9.17, 15) is 4.79 Å². The second-order valence-corrected chi connectivity index (χ2v) is 8.76. The van der Waals surface area contributed by atoms with Crippen LogP contribution in [0.15, 0.2) is 65.1 Å². The number of thiazole rings is 1. The van der Waals surface area contributed by atoms with E-state index in [0.717, 1.165) is 33.0 Å². The lowest BCUT2D eigenvalue weighted by Gasteiger charge is -2.10. The molecule has 8 nitrogen and oxygen atoms in total. The van der Waals surface area contributed by atoms with E-state index in [4.69, 9.17) is 9.47 Å². The van der Waals surface area contributed by atoms with Gasteiger partial charge in [0.25, 0.3) is 5.91 Å². The molecule has 2 aromatic carbocycles.